The van der Waals surface area contributed by atoms with Crippen LogP contribution >= 0.6 is 11.6 Å². The van der Waals surface area contributed by atoms with E-state index < -0.39 is 23.6 Å². The highest BCUT2D eigenvalue weighted by Crippen LogP contribution is 2.33. The van der Waals surface area contributed by atoms with Crippen LogP contribution in [-0.4, -0.2) is 46.4 Å². The average molecular weight is 406 g/mol. The third-order valence-electron chi connectivity index (χ3n) is 3.92. The van der Waals surface area contributed by atoms with Crippen molar-refractivity contribution in [2.24, 2.45) is 0 Å². The summed E-state index contributed by atoms with van der Waals surface area (Å²) in [5.41, 5.74) is -0.594. The van der Waals surface area contributed by atoms with Crippen molar-refractivity contribution >= 4 is 29.1 Å². The van der Waals surface area contributed by atoms with E-state index >= 15 is 0 Å². The maximum Gasteiger partial charge on any atom is 0.417 e. The van der Waals surface area contributed by atoms with E-state index in [-0.39, 0.29) is 35.9 Å². The lowest BCUT2D eigenvalue weighted by molar-refractivity contribution is -0.143. The summed E-state index contributed by atoms with van der Waals surface area (Å²) in [6.45, 7) is 3.68. The van der Waals surface area contributed by atoms with Gasteiger partial charge in [0.05, 0.1) is 29.3 Å². The van der Waals surface area contributed by atoms with Crippen LogP contribution in [-0.2, 0) is 22.1 Å². The van der Waals surface area contributed by atoms with Gasteiger partial charge < -0.3 is 9.64 Å². The summed E-state index contributed by atoms with van der Waals surface area (Å²) in [4.78, 5) is 29.8. The first-order valence-corrected chi connectivity index (χ1v) is 8.66. The van der Waals surface area contributed by atoms with Crippen molar-refractivity contribution < 1.29 is 27.5 Å². The van der Waals surface area contributed by atoms with Crippen molar-refractivity contribution in [1.29, 1.82) is 0 Å². The number of carbonyl (C=O) groups excluding carboxylic acids is 2. The van der Waals surface area contributed by atoms with E-state index in [2.05, 4.69) is 4.98 Å². The van der Waals surface area contributed by atoms with Crippen LogP contribution in [0.4, 0.5) is 13.2 Å². The number of amides is 1. The summed E-state index contributed by atoms with van der Waals surface area (Å²) in [5, 5.41) is -0.201. The van der Waals surface area contributed by atoms with Crippen molar-refractivity contribution in [2.75, 3.05) is 20.2 Å². The Hall–Kier alpha value is -2.29. The monoisotopic (exact) mass is 405 g/mol. The van der Waals surface area contributed by atoms with Gasteiger partial charge in [-0.1, -0.05) is 18.5 Å². The second-order valence-corrected chi connectivity index (χ2v) is 6.22. The summed E-state index contributed by atoms with van der Waals surface area (Å²) in [6, 6.07) is 0.780. The lowest BCUT2D eigenvalue weighted by Gasteiger charge is -2.17. The summed E-state index contributed by atoms with van der Waals surface area (Å²) in [6.07, 6.45) is -3.51. The van der Waals surface area contributed by atoms with Gasteiger partial charge in [0.2, 0.25) is 0 Å². The Balaban J connectivity index is 2.44. The van der Waals surface area contributed by atoms with Crippen molar-refractivity contribution in [3.63, 3.8) is 0 Å². The Morgan fingerprint density at radius 1 is 1.33 bits per heavy atom. The third kappa shape index (κ3) is 4.52. The lowest BCUT2D eigenvalue weighted by atomic mass is 10.2. The molecule has 0 aliphatic carbocycles. The van der Waals surface area contributed by atoms with E-state index in [0.717, 1.165) is 16.7 Å². The molecule has 0 aromatic carbocycles. The van der Waals surface area contributed by atoms with Crippen LogP contribution in [0.1, 0.15) is 42.0 Å². The Morgan fingerprint density at radius 3 is 2.56 bits per heavy atom. The molecular formula is C17H19ClF3N3O3. The van der Waals surface area contributed by atoms with Crippen LogP contribution in [0.15, 0.2) is 12.3 Å². The molecule has 6 nitrogen and oxygen atoms in total. The van der Waals surface area contributed by atoms with Crippen molar-refractivity contribution in [2.45, 2.75) is 32.9 Å². The van der Waals surface area contributed by atoms with Gasteiger partial charge in [-0.05, 0) is 19.4 Å². The molecule has 27 heavy (non-hydrogen) atoms. The van der Waals surface area contributed by atoms with Crippen LogP contribution in [0, 0.1) is 0 Å². The number of halogens is 4. The van der Waals surface area contributed by atoms with Gasteiger partial charge in [-0.25, -0.2) is 4.98 Å². The van der Waals surface area contributed by atoms with Crippen molar-refractivity contribution in [3.8, 4) is 0 Å². The van der Waals surface area contributed by atoms with E-state index in [0.29, 0.717) is 12.1 Å². The van der Waals surface area contributed by atoms with Gasteiger partial charge in [0.1, 0.15) is 5.69 Å². The molecule has 0 N–H and O–H groups in total. The maximum atomic E-state index is 13.1. The molecule has 0 radical (unpaired) electrons. The van der Waals surface area contributed by atoms with E-state index in [4.69, 9.17) is 16.3 Å². The number of pyridine rings is 1. The minimum atomic E-state index is -4.62. The molecule has 0 unspecified atom stereocenters. The number of carbonyl (C=O) groups is 2. The number of ether oxygens (including phenoxy) is 1. The zero-order valence-electron chi connectivity index (χ0n) is 15.1. The number of hydrogen-bond acceptors (Lipinski definition) is 4. The zero-order chi connectivity index (χ0) is 20.4. The highest BCUT2D eigenvalue weighted by atomic mass is 35.5. The lowest BCUT2D eigenvalue weighted by Crippen LogP contribution is -2.31. The molecule has 10 heteroatoms. The largest absolute Gasteiger partial charge is 0.466 e. The van der Waals surface area contributed by atoms with Crippen molar-refractivity contribution in [1.82, 2.24) is 14.3 Å². The predicted octanol–water partition coefficient (Wildman–Crippen LogP) is 3.59. The van der Waals surface area contributed by atoms with E-state index in [9.17, 15) is 22.8 Å². The maximum absolute atomic E-state index is 13.1. The topological polar surface area (TPSA) is 63.9 Å². The molecule has 0 atom stereocenters. The molecular weight excluding hydrogens is 387 g/mol. The fourth-order valence-corrected chi connectivity index (χ4v) is 2.80. The fraction of sp³-hybridized carbons (Fsp3) is 0.471. The molecule has 2 heterocycles. The highest BCUT2D eigenvalue weighted by molar-refractivity contribution is 6.33. The molecule has 0 aliphatic heterocycles. The fourth-order valence-electron chi connectivity index (χ4n) is 2.55. The second-order valence-electron chi connectivity index (χ2n) is 5.81. The van der Waals surface area contributed by atoms with Gasteiger partial charge in [-0.15, -0.1) is 0 Å². The third-order valence-corrected chi connectivity index (χ3v) is 4.19. The van der Waals surface area contributed by atoms with Crippen LogP contribution in [0.25, 0.3) is 5.65 Å². The molecule has 0 saturated carbocycles. The standard InChI is InChI=1S/C17H19ClF3N3O3/c1-4-12-14(16(26)23(3)7-6-13(25)27-5-2)24-9-10(17(19,20)21)8-11(18)15(24)22-12/h8-9H,4-7H2,1-3H3. The Kier molecular flexibility index (Phi) is 6.35. The Morgan fingerprint density at radius 2 is 2.00 bits per heavy atom. The molecule has 0 bridgehead atoms. The van der Waals surface area contributed by atoms with Gasteiger partial charge in [0, 0.05) is 19.8 Å². The number of rotatable bonds is 6. The summed E-state index contributed by atoms with van der Waals surface area (Å²) in [7, 11) is 1.45. The quantitative estimate of drug-likeness (QED) is 0.689. The molecule has 1 amide bonds. The first-order chi connectivity index (χ1) is 12.6. The first kappa shape index (κ1) is 21.0. The molecule has 0 spiro atoms. The number of aryl methyl sites for hydroxylation is 1. The molecule has 2 aromatic rings. The molecule has 0 fully saturated rings. The number of fused-ring (bicyclic) bond motifs is 1. The van der Waals surface area contributed by atoms with Crippen molar-refractivity contribution in [3.05, 3.63) is 34.2 Å². The second kappa shape index (κ2) is 8.16. The normalized spacial score (nSPS) is 11.7. The van der Waals surface area contributed by atoms with E-state index in [1.165, 1.54) is 11.9 Å². The van der Waals surface area contributed by atoms with Crippen LogP contribution < -0.4 is 0 Å². The summed E-state index contributed by atoms with van der Waals surface area (Å²) in [5.74, 6) is -1.02. The van der Waals surface area contributed by atoms with Gasteiger partial charge >= 0.3 is 12.1 Å². The first-order valence-electron chi connectivity index (χ1n) is 8.28. The highest BCUT2D eigenvalue weighted by Gasteiger charge is 2.33. The number of alkyl halides is 3. The molecule has 0 aliphatic rings. The van der Waals surface area contributed by atoms with E-state index in [1.54, 1.807) is 13.8 Å². The smallest absolute Gasteiger partial charge is 0.417 e. The van der Waals surface area contributed by atoms with Crippen LogP contribution in [0.5, 0.6) is 0 Å². The molecule has 2 aromatic heterocycles. The number of nitrogens with zero attached hydrogens (tertiary/aromatic N) is 3. The average Bonchev–Trinajstić information content (AvgIpc) is 2.97. The molecule has 148 valence electrons. The number of hydrogen-bond donors (Lipinski definition) is 0. The molecule has 0 saturated heterocycles. The zero-order valence-corrected chi connectivity index (χ0v) is 15.8. The minimum Gasteiger partial charge on any atom is -0.466 e. The van der Waals surface area contributed by atoms with Gasteiger partial charge in [-0.3, -0.25) is 14.0 Å². The summed E-state index contributed by atoms with van der Waals surface area (Å²) >= 11 is 5.96. The Labute approximate surface area is 158 Å². The van der Waals surface area contributed by atoms with Gasteiger partial charge in [0.15, 0.2) is 5.65 Å². The van der Waals surface area contributed by atoms with Crippen LogP contribution in [0.2, 0.25) is 5.02 Å². The number of aromatic nitrogens is 2. The van der Waals surface area contributed by atoms with Gasteiger partial charge in [0.25, 0.3) is 5.91 Å². The van der Waals surface area contributed by atoms with Gasteiger partial charge in [-0.2, -0.15) is 13.2 Å². The van der Waals surface area contributed by atoms with Crippen LogP contribution in [0.3, 0.4) is 0 Å². The van der Waals surface area contributed by atoms with E-state index in [1.807, 2.05) is 0 Å². The minimum absolute atomic E-state index is 0.00754. The molecule has 2 rings (SSSR count). The SMILES string of the molecule is CCOC(=O)CCN(C)C(=O)c1c(CC)nc2c(Cl)cc(C(F)(F)F)cn12. The summed E-state index contributed by atoms with van der Waals surface area (Å²) < 4.78 is 45.2. The number of imidazole rings is 1. The number of esters is 1. The Bertz CT molecular complexity index is 864. The predicted molar refractivity (Wildman–Crippen MR) is 92.8 cm³/mol.